The first-order chi connectivity index (χ1) is 7.47. The highest BCUT2D eigenvalue weighted by Gasteiger charge is 2.30. The number of likely N-dealkylation sites (N-methyl/N-ethyl adjacent to an activating group) is 1. The third-order valence-corrected chi connectivity index (χ3v) is 5.02. The van der Waals surface area contributed by atoms with E-state index in [9.17, 15) is 8.42 Å². The molecule has 1 aliphatic heterocycles. The fourth-order valence-corrected chi connectivity index (χ4v) is 3.80. The second kappa shape index (κ2) is 5.95. The minimum Gasteiger partial charge on any atom is -0.320 e. The van der Waals surface area contributed by atoms with E-state index in [-0.39, 0.29) is 11.8 Å². The number of rotatable bonds is 5. The Morgan fingerprint density at radius 3 is 2.62 bits per heavy atom. The third kappa shape index (κ3) is 3.69. The predicted octanol–water partition coefficient (Wildman–Crippen LogP) is -0.438. The van der Waals surface area contributed by atoms with Crippen LogP contribution in [0, 0.1) is 0 Å². The van der Waals surface area contributed by atoms with Gasteiger partial charge in [-0.1, -0.05) is 0 Å². The maximum Gasteiger partial charge on any atom is 0.214 e. The summed E-state index contributed by atoms with van der Waals surface area (Å²) >= 11 is 0. The van der Waals surface area contributed by atoms with Gasteiger partial charge in [0.15, 0.2) is 0 Å². The van der Waals surface area contributed by atoms with E-state index in [4.69, 9.17) is 0 Å². The molecule has 0 amide bonds. The van der Waals surface area contributed by atoms with Gasteiger partial charge in [-0.3, -0.25) is 0 Å². The van der Waals surface area contributed by atoms with Crippen molar-refractivity contribution >= 4 is 10.0 Å². The minimum atomic E-state index is -3.06. The van der Waals surface area contributed by atoms with Gasteiger partial charge in [0.1, 0.15) is 0 Å². The molecular weight excluding hydrogens is 226 g/mol. The van der Waals surface area contributed by atoms with Crippen LogP contribution in [0.15, 0.2) is 0 Å². The molecule has 0 aromatic heterocycles. The molecule has 5 nitrogen and oxygen atoms in total. The van der Waals surface area contributed by atoms with Crippen LogP contribution in [0.4, 0.5) is 0 Å². The molecule has 1 N–H and O–H groups in total. The summed E-state index contributed by atoms with van der Waals surface area (Å²) < 4.78 is 25.8. The van der Waals surface area contributed by atoms with Gasteiger partial charge in [-0.2, -0.15) is 4.31 Å². The number of nitrogens with one attached hydrogen (secondary N) is 1. The van der Waals surface area contributed by atoms with Crippen molar-refractivity contribution in [3.63, 3.8) is 0 Å². The fraction of sp³-hybridized carbons (Fsp3) is 1.00. The zero-order valence-corrected chi connectivity index (χ0v) is 11.3. The lowest BCUT2D eigenvalue weighted by atomic mass is 10.2. The van der Waals surface area contributed by atoms with Gasteiger partial charge in [0.05, 0.1) is 5.75 Å². The Bertz CT molecular complexity index is 305. The van der Waals surface area contributed by atoms with Crippen molar-refractivity contribution in [2.24, 2.45) is 0 Å². The lowest BCUT2D eigenvalue weighted by Crippen LogP contribution is -2.53. The molecule has 0 radical (unpaired) electrons. The van der Waals surface area contributed by atoms with Gasteiger partial charge in [-0.15, -0.1) is 0 Å². The van der Waals surface area contributed by atoms with E-state index in [0.717, 1.165) is 19.6 Å². The molecule has 1 saturated heterocycles. The summed E-state index contributed by atoms with van der Waals surface area (Å²) in [5.74, 6) is 0.252. The maximum absolute atomic E-state index is 12.1. The molecule has 1 heterocycles. The van der Waals surface area contributed by atoms with E-state index in [1.165, 1.54) is 0 Å². The van der Waals surface area contributed by atoms with E-state index < -0.39 is 10.0 Å². The molecule has 0 bridgehead atoms. The molecule has 0 spiro atoms. The highest BCUT2D eigenvalue weighted by molar-refractivity contribution is 7.89. The smallest absolute Gasteiger partial charge is 0.214 e. The van der Waals surface area contributed by atoms with Crippen LogP contribution in [0.25, 0.3) is 0 Å². The highest BCUT2D eigenvalue weighted by Crippen LogP contribution is 2.13. The molecule has 96 valence electrons. The Labute approximate surface area is 98.8 Å². The molecule has 16 heavy (non-hydrogen) atoms. The molecule has 1 rings (SSSR count). The summed E-state index contributed by atoms with van der Waals surface area (Å²) in [7, 11) is 0.806. The van der Waals surface area contributed by atoms with E-state index in [1.807, 2.05) is 21.0 Å². The zero-order chi connectivity index (χ0) is 12.2. The van der Waals surface area contributed by atoms with Crippen molar-refractivity contribution in [2.45, 2.75) is 19.4 Å². The van der Waals surface area contributed by atoms with Crippen molar-refractivity contribution < 1.29 is 8.42 Å². The number of hydrogen-bond donors (Lipinski definition) is 1. The van der Waals surface area contributed by atoms with E-state index >= 15 is 0 Å². The van der Waals surface area contributed by atoms with Gasteiger partial charge in [0, 0.05) is 25.7 Å². The Balaban J connectivity index is 2.54. The standard InChI is InChI=1S/C10H23N3O2S/c1-10-9-12(3)6-7-13(10)16(14,15)8-4-5-11-2/h10-11H,4-9H2,1-3H3. The monoisotopic (exact) mass is 249 g/mol. The van der Waals surface area contributed by atoms with Crippen LogP contribution >= 0.6 is 0 Å². The summed E-state index contributed by atoms with van der Waals surface area (Å²) in [6, 6.07) is 0.0957. The Hall–Kier alpha value is -0.170. The van der Waals surface area contributed by atoms with E-state index in [1.54, 1.807) is 4.31 Å². The molecule has 1 atom stereocenters. The van der Waals surface area contributed by atoms with Gasteiger partial charge in [-0.05, 0) is 34.0 Å². The SMILES string of the molecule is CNCCCS(=O)(=O)N1CCN(C)CC1C. The van der Waals surface area contributed by atoms with Crippen molar-refractivity contribution in [3.05, 3.63) is 0 Å². The first kappa shape index (κ1) is 13.9. The molecule has 1 unspecified atom stereocenters. The highest BCUT2D eigenvalue weighted by atomic mass is 32.2. The molecule has 0 aliphatic carbocycles. The lowest BCUT2D eigenvalue weighted by molar-refractivity contribution is 0.170. The zero-order valence-electron chi connectivity index (χ0n) is 10.4. The molecule has 6 heteroatoms. The van der Waals surface area contributed by atoms with E-state index in [2.05, 4.69) is 10.2 Å². The normalized spacial score (nSPS) is 24.8. The fourth-order valence-electron chi connectivity index (χ4n) is 2.08. The number of hydrogen-bond acceptors (Lipinski definition) is 4. The molecule has 1 fully saturated rings. The first-order valence-electron chi connectivity index (χ1n) is 5.80. The van der Waals surface area contributed by atoms with Gasteiger partial charge in [-0.25, -0.2) is 8.42 Å². The van der Waals surface area contributed by atoms with Gasteiger partial charge in [0.2, 0.25) is 10.0 Å². The topological polar surface area (TPSA) is 52.7 Å². The van der Waals surface area contributed by atoms with Crippen LogP contribution in [-0.2, 0) is 10.0 Å². The van der Waals surface area contributed by atoms with Crippen LogP contribution in [-0.4, -0.2) is 69.7 Å². The first-order valence-corrected chi connectivity index (χ1v) is 7.41. The maximum atomic E-state index is 12.1. The Morgan fingerprint density at radius 2 is 2.06 bits per heavy atom. The quantitative estimate of drug-likeness (QED) is 0.671. The average Bonchev–Trinajstić information content (AvgIpc) is 2.17. The average molecular weight is 249 g/mol. The molecule has 1 aliphatic rings. The molecule has 0 saturated carbocycles. The van der Waals surface area contributed by atoms with Crippen LogP contribution in [0.1, 0.15) is 13.3 Å². The summed E-state index contributed by atoms with van der Waals surface area (Å²) in [5, 5.41) is 2.97. The van der Waals surface area contributed by atoms with Gasteiger partial charge < -0.3 is 10.2 Å². The summed E-state index contributed by atoms with van der Waals surface area (Å²) in [6.07, 6.45) is 0.678. The van der Waals surface area contributed by atoms with Crippen LogP contribution in [0.5, 0.6) is 0 Å². The Morgan fingerprint density at radius 1 is 1.38 bits per heavy atom. The lowest BCUT2D eigenvalue weighted by Gasteiger charge is -2.37. The van der Waals surface area contributed by atoms with Crippen molar-refractivity contribution in [3.8, 4) is 0 Å². The van der Waals surface area contributed by atoms with Crippen LogP contribution in [0.2, 0.25) is 0 Å². The van der Waals surface area contributed by atoms with Crippen LogP contribution < -0.4 is 5.32 Å². The van der Waals surface area contributed by atoms with Gasteiger partial charge >= 0.3 is 0 Å². The van der Waals surface area contributed by atoms with Crippen molar-refractivity contribution in [1.82, 2.24) is 14.5 Å². The predicted molar refractivity (Wildman–Crippen MR) is 66.0 cm³/mol. The largest absolute Gasteiger partial charge is 0.320 e. The summed E-state index contributed by atoms with van der Waals surface area (Å²) in [5.41, 5.74) is 0. The number of nitrogens with zero attached hydrogens (tertiary/aromatic N) is 2. The summed E-state index contributed by atoms with van der Waals surface area (Å²) in [4.78, 5) is 2.17. The minimum absolute atomic E-state index is 0.0957. The van der Waals surface area contributed by atoms with E-state index in [0.29, 0.717) is 13.0 Å². The second-order valence-electron chi connectivity index (χ2n) is 4.50. The van der Waals surface area contributed by atoms with Gasteiger partial charge in [0.25, 0.3) is 0 Å². The molecule has 0 aromatic rings. The number of piperazine rings is 1. The third-order valence-electron chi connectivity index (χ3n) is 2.96. The molecule has 0 aromatic carbocycles. The van der Waals surface area contributed by atoms with Crippen LogP contribution in [0.3, 0.4) is 0 Å². The second-order valence-corrected chi connectivity index (χ2v) is 6.54. The van der Waals surface area contributed by atoms with Crippen molar-refractivity contribution in [1.29, 1.82) is 0 Å². The summed E-state index contributed by atoms with van der Waals surface area (Å²) in [6.45, 7) is 5.01. The Kier molecular flexibility index (Phi) is 5.17. The molecular formula is C10H23N3O2S. The van der Waals surface area contributed by atoms with Crippen molar-refractivity contribution in [2.75, 3.05) is 46.0 Å². The number of sulfonamides is 1.